The third-order valence-corrected chi connectivity index (χ3v) is 5.29. The molecule has 0 saturated carbocycles. The Labute approximate surface area is 136 Å². The Balaban J connectivity index is 2.06. The maximum Gasteiger partial charge on any atom is 0.233 e. The van der Waals surface area contributed by atoms with Gasteiger partial charge in [0.2, 0.25) is 5.91 Å². The van der Waals surface area contributed by atoms with E-state index in [2.05, 4.69) is 0 Å². The molecule has 0 radical (unpaired) electrons. The van der Waals surface area contributed by atoms with Crippen molar-refractivity contribution in [2.24, 2.45) is 5.41 Å². The van der Waals surface area contributed by atoms with Crippen molar-refractivity contribution in [2.75, 3.05) is 26.0 Å². The number of hydrogen-bond acceptors (Lipinski definition) is 4. The van der Waals surface area contributed by atoms with Gasteiger partial charge in [0.05, 0.1) is 12.9 Å². The van der Waals surface area contributed by atoms with Crippen LogP contribution in [0.3, 0.4) is 0 Å². The Kier molecular flexibility index (Phi) is 5.75. The summed E-state index contributed by atoms with van der Waals surface area (Å²) in [5.41, 5.74) is 0.970. The lowest BCUT2D eigenvalue weighted by Crippen LogP contribution is -2.30. The summed E-state index contributed by atoms with van der Waals surface area (Å²) in [5, 5.41) is 9.36. The Morgan fingerprint density at radius 1 is 1.41 bits per heavy atom. The summed E-state index contributed by atoms with van der Waals surface area (Å²) in [4.78, 5) is 14.1. The Bertz CT molecular complexity index is 518. The van der Waals surface area contributed by atoms with E-state index >= 15 is 0 Å². The molecule has 4 nitrogen and oxygen atoms in total. The van der Waals surface area contributed by atoms with E-state index in [0.29, 0.717) is 5.75 Å². The maximum absolute atomic E-state index is 12.2. The van der Waals surface area contributed by atoms with Gasteiger partial charge in [-0.25, -0.2) is 0 Å². The molecule has 1 aromatic carbocycles. The predicted molar refractivity (Wildman–Crippen MR) is 90.0 cm³/mol. The van der Waals surface area contributed by atoms with Gasteiger partial charge in [-0.15, -0.1) is 11.8 Å². The molecule has 122 valence electrons. The molecule has 1 unspecified atom stereocenters. The van der Waals surface area contributed by atoms with Crippen molar-refractivity contribution in [2.45, 2.75) is 32.1 Å². The molecule has 5 heteroatoms. The summed E-state index contributed by atoms with van der Waals surface area (Å²) in [5.74, 6) is 1.53. The third-order valence-electron chi connectivity index (χ3n) is 4.05. The molecule has 0 spiro atoms. The number of hydrogen-bond donors (Lipinski definition) is 1. The normalized spacial score (nSPS) is 18.8. The van der Waals surface area contributed by atoms with E-state index < -0.39 is 0 Å². The van der Waals surface area contributed by atoms with Crippen LogP contribution >= 0.6 is 11.8 Å². The van der Waals surface area contributed by atoms with Crippen molar-refractivity contribution in [3.63, 3.8) is 0 Å². The maximum atomic E-state index is 12.2. The zero-order chi connectivity index (χ0) is 16.2. The Morgan fingerprint density at radius 3 is 2.82 bits per heavy atom. The molecule has 1 atom stereocenters. The van der Waals surface area contributed by atoms with E-state index in [4.69, 9.17) is 4.74 Å². The highest BCUT2D eigenvalue weighted by Gasteiger charge is 2.34. The fourth-order valence-electron chi connectivity index (χ4n) is 2.63. The molecule has 2 rings (SSSR count). The van der Waals surface area contributed by atoms with Crippen LogP contribution in [0.15, 0.2) is 24.3 Å². The second-order valence-corrected chi connectivity index (χ2v) is 7.49. The second kappa shape index (κ2) is 7.38. The third kappa shape index (κ3) is 3.96. The molecular formula is C17H25NO3S. The fraction of sp³-hybridized carbons (Fsp3) is 0.588. The standard InChI is InChI=1S/C17H25NO3S/c1-17(2,12-19)9-6-10-18-15(20)11-22-16(18)13-7-4-5-8-14(13)21-3/h4-5,7-8,16,19H,6,9-12H2,1-3H3. The smallest absolute Gasteiger partial charge is 0.233 e. The van der Waals surface area contributed by atoms with Gasteiger partial charge in [-0.05, 0) is 24.3 Å². The van der Waals surface area contributed by atoms with E-state index in [1.807, 2.05) is 43.0 Å². The first kappa shape index (κ1) is 17.2. The summed E-state index contributed by atoms with van der Waals surface area (Å²) in [7, 11) is 1.66. The van der Waals surface area contributed by atoms with Gasteiger partial charge < -0.3 is 14.7 Å². The summed E-state index contributed by atoms with van der Waals surface area (Å²) in [6.45, 7) is 4.99. The van der Waals surface area contributed by atoms with E-state index in [1.165, 1.54) is 0 Å². The minimum atomic E-state index is -0.0875. The monoisotopic (exact) mass is 323 g/mol. The molecule has 1 aliphatic rings. The van der Waals surface area contributed by atoms with Crippen LogP contribution in [0.4, 0.5) is 0 Å². The van der Waals surface area contributed by atoms with Crippen LogP contribution in [0.5, 0.6) is 5.75 Å². The minimum Gasteiger partial charge on any atom is -0.496 e. The van der Waals surface area contributed by atoms with Gasteiger partial charge in [-0.2, -0.15) is 0 Å². The van der Waals surface area contributed by atoms with Crippen LogP contribution in [-0.2, 0) is 4.79 Å². The first-order valence-corrected chi connectivity index (χ1v) is 8.68. The zero-order valence-corrected chi connectivity index (χ0v) is 14.4. The van der Waals surface area contributed by atoms with Crippen molar-refractivity contribution >= 4 is 17.7 Å². The van der Waals surface area contributed by atoms with Crippen LogP contribution in [0.2, 0.25) is 0 Å². The number of thioether (sulfide) groups is 1. The van der Waals surface area contributed by atoms with Crippen molar-refractivity contribution in [1.82, 2.24) is 4.90 Å². The number of methoxy groups -OCH3 is 1. The van der Waals surface area contributed by atoms with Gasteiger partial charge in [0.1, 0.15) is 11.1 Å². The number of carbonyl (C=O) groups is 1. The van der Waals surface area contributed by atoms with Gasteiger partial charge in [-0.3, -0.25) is 4.79 Å². The van der Waals surface area contributed by atoms with Gasteiger partial charge >= 0.3 is 0 Å². The number of ether oxygens (including phenoxy) is 1. The van der Waals surface area contributed by atoms with Crippen molar-refractivity contribution in [3.8, 4) is 5.75 Å². The van der Waals surface area contributed by atoms with Crippen LogP contribution in [0, 0.1) is 5.41 Å². The Morgan fingerprint density at radius 2 is 2.14 bits per heavy atom. The second-order valence-electron chi connectivity index (χ2n) is 6.42. The molecule has 22 heavy (non-hydrogen) atoms. The minimum absolute atomic E-state index is 0.0286. The first-order chi connectivity index (χ1) is 10.5. The predicted octanol–water partition coefficient (Wildman–Crippen LogP) is 3.07. The molecule has 1 N–H and O–H groups in total. The first-order valence-electron chi connectivity index (χ1n) is 7.63. The largest absolute Gasteiger partial charge is 0.496 e. The quantitative estimate of drug-likeness (QED) is 0.838. The number of aliphatic hydroxyl groups is 1. The average molecular weight is 323 g/mol. The van der Waals surface area contributed by atoms with Crippen LogP contribution in [0.25, 0.3) is 0 Å². The van der Waals surface area contributed by atoms with Crippen LogP contribution < -0.4 is 4.74 Å². The Hall–Kier alpha value is -1.20. The fourth-order valence-corrected chi connectivity index (χ4v) is 3.87. The SMILES string of the molecule is COc1ccccc1C1SCC(=O)N1CCCC(C)(C)CO. The topological polar surface area (TPSA) is 49.8 Å². The summed E-state index contributed by atoms with van der Waals surface area (Å²) in [6.07, 6.45) is 1.79. The molecule has 1 aliphatic heterocycles. The number of para-hydroxylation sites is 1. The van der Waals surface area contributed by atoms with E-state index in [1.54, 1.807) is 18.9 Å². The highest BCUT2D eigenvalue weighted by molar-refractivity contribution is 8.00. The summed E-state index contributed by atoms with van der Waals surface area (Å²) < 4.78 is 5.43. The highest BCUT2D eigenvalue weighted by atomic mass is 32.2. The number of carbonyl (C=O) groups excluding carboxylic acids is 1. The lowest BCUT2D eigenvalue weighted by Gasteiger charge is -2.27. The number of benzene rings is 1. The van der Waals surface area contributed by atoms with Crippen LogP contribution in [0.1, 0.15) is 37.6 Å². The molecule has 1 amide bonds. The van der Waals surface area contributed by atoms with Crippen molar-refractivity contribution < 1.29 is 14.6 Å². The van der Waals surface area contributed by atoms with Gasteiger partial charge in [0, 0.05) is 18.7 Å². The summed E-state index contributed by atoms with van der Waals surface area (Å²) in [6, 6.07) is 7.89. The van der Waals surface area contributed by atoms with E-state index in [9.17, 15) is 9.90 Å². The summed E-state index contributed by atoms with van der Waals surface area (Å²) >= 11 is 1.65. The van der Waals surface area contributed by atoms with Crippen molar-refractivity contribution in [3.05, 3.63) is 29.8 Å². The number of aliphatic hydroxyl groups excluding tert-OH is 1. The number of amides is 1. The molecule has 0 aromatic heterocycles. The van der Waals surface area contributed by atoms with Gasteiger partial charge in [-0.1, -0.05) is 32.0 Å². The van der Waals surface area contributed by atoms with E-state index in [-0.39, 0.29) is 23.3 Å². The highest BCUT2D eigenvalue weighted by Crippen LogP contribution is 2.42. The molecule has 0 aliphatic carbocycles. The van der Waals surface area contributed by atoms with E-state index in [0.717, 1.165) is 30.7 Å². The van der Waals surface area contributed by atoms with Gasteiger partial charge in [0.15, 0.2) is 0 Å². The number of rotatable bonds is 7. The molecule has 1 fully saturated rings. The lowest BCUT2D eigenvalue weighted by molar-refractivity contribution is -0.128. The average Bonchev–Trinajstić information content (AvgIpc) is 2.88. The number of nitrogens with zero attached hydrogens (tertiary/aromatic N) is 1. The molecular weight excluding hydrogens is 298 g/mol. The zero-order valence-electron chi connectivity index (χ0n) is 13.5. The molecule has 1 heterocycles. The molecule has 0 bridgehead atoms. The van der Waals surface area contributed by atoms with Crippen LogP contribution in [-0.4, -0.2) is 41.9 Å². The van der Waals surface area contributed by atoms with Gasteiger partial charge in [0.25, 0.3) is 0 Å². The lowest BCUT2D eigenvalue weighted by atomic mass is 9.89. The van der Waals surface area contributed by atoms with Crippen molar-refractivity contribution in [1.29, 1.82) is 0 Å². The molecule has 1 aromatic rings. The molecule has 1 saturated heterocycles.